The van der Waals surface area contributed by atoms with Gasteiger partial charge in [-0.3, -0.25) is 9.78 Å². The average Bonchev–Trinajstić information content (AvgIpc) is 3.40. The minimum Gasteiger partial charge on any atom is -0.366 e. The highest BCUT2D eigenvalue weighted by atomic mass is 19.1. The number of primary amides is 1. The minimum absolute atomic E-state index is 0.0538. The van der Waals surface area contributed by atoms with Crippen LogP contribution in [0.15, 0.2) is 61.1 Å². The SMILES string of the molecule is NC(=O)c1cccnc1-c1cnn2ccc(N3CCC[C@@H]3c3cccc(F)c3)nc12. The van der Waals surface area contributed by atoms with Crippen molar-refractivity contribution in [1.29, 1.82) is 0 Å². The summed E-state index contributed by atoms with van der Waals surface area (Å²) in [5, 5.41) is 4.35. The highest BCUT2D eigenvalue weighted by Gasteiger charge is 2.28. The van der Waals surface area contributed by atoms with Crippen LogP contribution in [0.5, 0.6) is 0 Å². The van der Waals surface area contributed by atoms with Crippen LogP contribution in [-0.2, 0) is 0 Å². The maximum absolute atomic E-state index is 13.8. The molecule has 0 bridgehead atoms. The summed E-state index contributed by atoms with van der Waals surface area (Å²) < 4.78 is 15.4. The van der Waals surface area contributed by atoms with Crippen LogP contribution < -0.4 is 10.6 Å². The molecule has 7 nitrogen and oxygen atoms in total. The van der Waals surface area contributed by atoms with Crippen LogP contribution in [-0.4, -0.2) is 32.0 Å². The highest BCUT2D eigenvalue weighted by Crippen LogP contribution is 2.36. The Hall–Kier alpha value is -3.81. The largest absolute Gasteiger partial charge is 0.366 e. The van der Waals surface area contributed by atoms with E-state index in [2.05, 4.69) is 15.0 Å². The van der Waals surface area contributed by atoms with E-state index in [1.54, 1.807) is 41.2 Å². The molecule has 1 amide bonds. The number of rotatable bonds is 4. The van der Waals surface area contributed by atoms with Gasteiger partial charge < -0.3 is 10.6 Å². The molecule has 0 radical (unpaired) electrons. The van der Waals surface area contributed by atoms with Crippen molar-refractivity contribution in [2.45, 2.75) is 18.9 Å². The summed E-state index contributed by atoms with van der Waals surface area (Å²) in [5.74, 6) is -0.0261. The molecule has 1 aliphatic heterocycles. The molecule has 30 heavy (non-hydrogen) atoms. The van der Waals surface area contributed by atoms with Crippen molar-refractivity contribution in [3.63, 3.8) is 0 Å². The van der Waals surface area contributed by atoms with E-state index < -0.39 is 5.91 Å². The number of nitrogens with two attached hydrogens (primary N) is 1. The Morgan fingerprint density at radius 1 is 1.20 bits per heavy atom. The Kier molecular flexibility index (Phi) is 4.39. The van der Waals surface area contributed by atoms with E-state index >= 15 is 0 Å². The first-order chi connectivity index (χ1) is 14.6. The molecular weight excluding hydrogens is 383 g/mol. The van der Waals surface area contributed by atoms with Crippen LogP contribution in [0.1, 0.15) is 34.8 Å². The Bertz CT molecular complexity index is 1250. The fourth-order valence-corrected chi connectivity index (χ4v) is 4.11. The van der Waals surface area contributed by atoms with Crippen LogP contribution in [0, 0.1) is 5.82 Å². The van der Waals surface area contributed by atoms with Crippen molar-refractivity contribution in [1.82, 2.24) is 19.6 Å². The molecule has 150 valence electrons. The number of nitrogens with zero attached hydrogens (tertiary/aromatic N) is 5. The van der Waals surface area contributed by atoms with E-state index in [0.29, 0.717) is 22.5 Å². The number of benzene rings is 1. The van der Waals surface area contributed by atoms with Gasteiger partial charge in [-0.25, -0.2) is 13.9 Å². The van der Waals surface area contributed by atoms with E-state index in [0.717, 1.165) is 30.8 Å². The zero-order valence-electron chi connectivity index (χ0n) is 16.1. The Morgan fingerprint density at radius 2 is 2.10 bits per heavy atom. The third-order valence-electron chi connectivity index (χ3n) is 5.46. The summed E-state index contributed by atoms with van der Waals surface area (Å²) in [4.78, 5) is 23.2. The summed E-state index contributed by atoms with van der Waals surface area (Å²) in [6.45, 7) is 0.823. The molecule has 0 aliphatic carbocycles. The normalized spacial score (nSPS) is 16.3. The first-order valence-corrected chi connectivity index (χ1v) is 9.73. The minimum atomic E-state index is -0.556. The molecule has 3 aromatic heterocycles. The Balaban J connectivity index is 1.59. The molecule has 5 rings (SSSR count). The van der Waals surface area contributed by atoms with E-state index in [1.165, 1.54) is 6.07 Å². The fourth-order valence-electron chi connectivity index (χ4n) is 4.11. The third-order valence-corrected chi connectivity index (χ3v) is 5.46. The number of amides is 1. The molecule has 1 aliphatic rings. The summed E-state index contributed by atoms with van der Waals surface area (Å²) in [6, 6.07) is 12.0. The number of hydrogen-bond acceptors (Lipinski definition) is 5. The second-order valence-corrected chi connectivity index (χ2v) is 7.28. The molecular formula is C22H19FN6O. The molecule has 4 heterocycles. The predicted octanol–water partition coefficient (Wildman–Crippen LogP) is 3.37. The van der Waals surface area contributed by atoms with Gasteiger partial charge in [-0.15, -0.1) is 0 Å². The molecule has 0 unspecified atom stereocenters. The summed E-state index contributed by atoms with van der Waals surface area (Å²) in [7, 11) is 0. The lowest BCUT2D eigenvalue weighted by atomic mass is 10.0. The van der Waals surface area contributed by atoms with Crippen LogP contribution in [0.3, 0.4) is 0 Å². The van der Waals surface area contributed by atoms with Crippen molar-refractivity contribution < 1.29 is 9.18 Å². The second-order valence-electron chi connectivity index (χ2n) is 7.28. The quantitative estimate of drug-likeness (QED) is 0.565. The maximum atomic E-state index is 13.8. The van der Waals surface area contributed by atoms with Crippen molar-refractivity contribution >= 4 is 17.4 Å². The van der Waals surface area contributed by atoms with Crippen molar-refractivity contribution in [3.8, 4) is 11.3 Å². The number of anilines is 1. The standard InChI is InChI=1S/C22H19FN6O/c23-15-5-1-4-14(12-15)18-7-3-10-28(18)19-8-11-29-22(27-19)17(13-26-29)20-16(21(24)30)6-2-9-25-20/h1-2,4-6,8-9,11-13,18H,3,7,10H2,(H2,24,30)/t18-/m1/s1. The molecule has 8 heteroatoms. The number of carbonyl (C=O) groups excluding carboxylic acids is 1. The van der Waals surface area contributed by atoms with Gasteiger partial charge >= 0.3 is 0 Å². The van der Waals surface area contributed by atoms with E-state index in [4.69, 9.17) is 10.7 Å². The molecule has 1 aromatic carbocycles. The second kappa shape index (κ2) is 7.22. The lowest BCUT2D eigenvalue weighted by molar-refractivity contribution is 0.100. The fraction of sp³-hybridized carbons (Fsp3) is 0.182. The maximum Gasteiger partial charge on any atom is 0.250 e. The molecule has 0 saturated carbocycles. The summed E-state index contributed by atoms with van der Waals surface area (Å²) >= 11 is 0. The van der Waals surface area contributed by atoms with Crippen LogP contribution in [0.4, 0.5) is 10.2 Å². The lowest BCUT2D eigenvalue weighted by Gasteiger charge is -2.26. The van der Waals surface area contributed by atoms with Gasteiger partial charge in [-0.2, -0.15) is 5.10 Å². The predicted molar refractivity (Wildman–Crippen MR) is 110 cm³/mol. The molecule has 2 N–H and O–H groups in total. The third kappa shape index (κ3) is 3.06. The van der Waals surface area contributed by atoms with Gasteiger partial charge in [0.25, 0.3) is 5.91 Å². The van der Waals surface area contributed by atoms with Gasteiger partial charge in [-0.05, 0) is 48.7 Å². The number of aromatic nitrogens is 4. The number of carbonyl (C=O) groups is 1. The van der Waals surface area contributed by atoms with Gasteiger partial charge in [0, 0.05) is 18.9 Å². The monoisotopic (exact) mass is 402 g/mol. The number of halogens is 1. The Labute approximate surface area is 172 Å². The van der Waals surface area contributed by atoms with Crippen LogP contribution in [0.25, 0.3) is 16.9 Å². The topological polar surface area (TPSA) is 89.4 Å². The van der Waals surface area contributed by atoms with Crippen LogP contribution in [0.2, 0.25) is 0 Å². The smallest absolute Gasteiger partial charge is 0.250 e. The Morgan fingerprint density at radius 3 is 2.93 bits per heavy atom. The highest BCUT2D eigenvalue weighted by molar-refractivity contribution is 6.00. The van der Waals surface area contributed by atoms with E-state index in [-0.39, 0.29) is 11.9 Å². The van der Waals surface area contributed by atoms with Gasteiger partial charge in [0.15, 0.2) is 5.65 Å². The van der Waals surface area contributed by atoms with Gasteiger partial charge in [0.2, 0.25) is 0 Å². The summed E-state index contributed by atoms with van der Waals surface area (Å²) in [6.07, 6.45) is 6.99. The molecule has 0 spiro atoms. The summed E-state index contributed by atoms with van der Waals surface area (Å²) in [5.41, 5.74) is 8.44. The van der Waals surface area contributed by atoms with Crippen LogP contribution >= 0.6 is 0 Å². The molecule has 1 saturated heterocycles. The first kappa shape index (κ1) is 18.2. The number of pyridine rings is 1. The first-order valence-electron chi connectivity index (χ1n) is 9.73. The number of hydrogen-bond donors (Lipinski definition) is 1. The molecule has 1 atom stereocenters. The van der Waals surface area contributed by atoms with Gasteiger partial charge in [0.05, 0.1) is 29.1 Å². The lowest BCUT2D eigenvalue weighted by Crippen LogP contribution is -2.23. The van der Waals surface area contributed by atoms with Crippen molar-refractivity contribution in [3.05, 3.63) is 78.0 Å². The van der Waals surface area contributed by atoms with Crippen molar-refractivity contribution in [2.24, 2.45) is 5.73 Å². The zero-order chi connectivity index (χ0) is 20.7. The molecule has 1 fully saturated rings. The van der Waals surface area contributed by atoms with Crippen molar-refractivity contribution in [2.75, 3.05) is 11.4 Å². The van der Waals surface area contributed by atoms with Gasteiger partial charge in [-0.1, -0.05) is 12.1 Å². The zero-order valence-corrected chi connectivity index (χ0v) is 16.1. The number of fused-ring (bicyclic) bond motifs is 1. The van der Waals surface area contributed by atoms with E-state index in [1.807, 2.05) is 18.3 Å². The average molecular weight is 402 g/mol. The molecule has 4 aromatic rings. The van der Waals surface area contributed by atoms with E-state index in [9.17, 15) is 9.18 Å². The van der Waals surface area contributed by atoms with Gasteiger partial charge in [0.1, 0.15) is 11.6 Å².